The van der Waals surface area contributed by atoms with Crippen molar-refractivity contribution >= 4 is 5.97 Å². The van der Waals surface area contributed by atoms with Gasteiger partial charge < -0.3 is 30.3 Å². The second-order valence-corrected chi connectivity index (χ2v) is 5.63. The summed E-state index contributed by atoms with van der Waals surface area (Å²) in [4.78, 5) is 10.6. The van der Waals surface area contributed by atoms with E-state index >= 15 is 0 Å². The summed E-state index contributed by atoms with van der Waals surface area (Å²) in [5.41, 5.74) is -1.38. The summed E-state index contributed by atoms with van der Waals surface area (Å²) in [6.07, 6.45) is -3.30. The first-order valence-corrected chi connectivity index (χ1v) is 6.78. The van der Waals surface area contributed by atoms with E-state index in [0.717, 1.165) is 0 Å². The molecule has 0 aliphatic heterocycles. The van der Waals surface area contributed by atoms with Gasteiger partial charge in [0, 0.05) is 6.42 Å². The van der Waals surface area contributed by atoms with Gasteiger partial charge in [-0.1, -0.05) is 6.07 Å². The van der Waals surface area contributed by atoms with Gasteiger partial charge in [-0.05, 0) is 31.9 Å². The number of carbonyl (C=O) groups is 1. The molecule has 0 radical (unpaired) electrons. The molecule has 0 aliphatic carbocycles. The Morgan fingerprint density at radius 3 is 2.36 bits per heavy atom. The van der Waals surface area contributed by atoms with Crippen LogP contribution in [0.25, 0.3) is 0 Å². The minimum absolute atomic E-state index is 0.0590. The average molecular weight is 314 g/mol. The number of phenolic OH excluding ortho intramolecular Hbond substituents is 1. The molecular weight excluding hydrogens is 292 g/mol. The summed E-state index contributed by atoms with van der Waals surface area (Å²) >= 11 is 0. The van der Waals surface area contributed by atoms with E-state index in [9.17, 15) is 25.2 Å². The number of aromatic hydroxyl groups is 1. The predicted octanol–water partition coefficient (Wildman–Crippen LogP) is 0.583. The van der Waals surface area contributed by atoms with Crippen LogP contribution in [0.4, 0.5) is 0 Å². The van der Waals surface area contributed by atoms with Crippen molar-refractivity contribution in [1.82, 2.24) is 0 Å². The Labute approximate surface area is 128 Å². The summed E-state index contributed by atoms with van der Waals surface area (Å²) in [6.45, 7) is 2.64. The summed E-state index contributed by atoms with van der Waals surface area (Å²) in [5, 5.41) is 49.0. The van der Waals surface area contributed by atoms with Crippen LogP contribution in [0.3, 0.4) is 0 Å². The number of ether oxygens (including phenoxy) is 1. The number of carboxylic acid groups (broad SMARTS) is 1. The Kier molecular flexibility index (Phi) is 5.76. The number of benzene rings is 1. The molecule has 2 atom stereocenters. The fourth-order valence-corrected chi connectivity index (χ4v) is 2.09. The van der Waals surface area contributed by atoms with E-state index in [1.807, 2.05) is 0 Å². The number of hydrogen-bond donors (Lipinski definition) is 5. The maximum Gasteiger partial charge on any atom is 0.303 e. The zero-order chi connectivity index (χ0) is 17.1. The van der Waals surface area contributed by atoms with Crippen LogP contribution in [0.2, 0.25) is 0 Å². The molecule has 1 aromatic carbocycles. The van der Waals surface area contributed by atoms with Crippen LogP contribution < -0.4 is 4.74 Å². The maximum absolute atomic E-state index is 10.6. The molecule has 0 saturated heterocycles. The highest BCUT2D eigenvalue weighted by Gasteiger charge is 2.35. The summed E-state index contributed by atoms with van der Waals surface area (Å²) < 4.78 is 5.06. The van der Waals surface area contributed by atoms with Crippen molar-refractivity contribution < 1.29 is 35.1 Å². The minimum atomic E-state index is -1.60. The van der Waals surface area contributed by atoms with Gasteiger partial charge in [0.05, 0.1) is 18.3 Å². The van der Waals surface area contributed by atoms with E-state index in [4.69, 9.17) is 9.84 Å². The minimum Gasteiger partial charge on any atom is -0.507 e. The lowest BCUT2D eigenvalue weighted by Gasteiger charge is -2.30. The number of aryl methyl sites for hydroxylation is 1. The van der Waals surface area contributed by atoms with Gasteiger partial charge in [-0.3, -0.25) is 4.79 Å². The number of phenols is 1. The summed E-state index contributed by atoms with van der Waals surface area (Å²) in [5.74, 6) is -1.24. The Morgan fingerprint density at radius 2 is 1.91 bits per heavy atom. The maximum atomic E-state index is 10.6. The molecular formula is C15H22O7. The Balaban J connectivity index is 3.25. The molecule has 0 spiro atoms. The van der Waals surface area contributed by atoms with Crippen LogP contribution >= 0.6 is 0 Å². The van der Waals surface area contributed by atoms with Crippen LogP contribution in [0.15, 0.2) is 12.1 Å². The van der Waals surface area contributed by atoms with Crippen molar-refractivity contribution in [1.29, 1.82) is 0 Å². The molecule has 124 valence electrons. The molecule has 0 aromatic heterocycles. The van der Waals surface area contributed by atoms with Gasteiger partial charge in [0.25, 0.3) is 0 Å². The quantitative estimate of drug-likeness (QED) is 0.498. The summed E-state index contributed by atoms with van der Waals surface area (Å²) in [7, 11) is 1.33. The van der Waals surface area contributed by atoms with Crippen LogP contribution in [-0.2, 0) is 11.2 Å². The topological polar surface area (TPSA) is 127 Å². The molecule has 7 nitrogen and oxygen atoms in total. The van der Waals surface area contributed by atoms with Gasteiger partial charge in [-0.15, -0.1) is 0 Å². The molecule has 2 unspecified atom stereocenters. The number of methoxy groups -OCH3 is 1. The monoisotopic (exact) mass is 314 g/mol. The molecule has 22 heavy (non-hydrogen) atoms. The number of hydrogen-bond acceptors (Lipinski definition) is 6. The van der Waals surface area contributed by atoms with Crippen LogP contribution in [0.5, 0.6) is 11.5 Å². The average Bonchev–Trinajstić information content (AvgIpc) is 2.42. The lowest BCUT2D eigenvalue weighted by atomic mass is 9.90. The smallest absolute Gasteiger partial charge is 0.303 e. The zero-order valence-corrected chi connectivity index (χ0v) is 12.8. The zero-order valence-electron chi connectivity index (χ0n) is 12.8. The van der Waals surface area contributed by atoms with Crippen molar-refractivity contribution in [2.24, 2.45) is 0 Å². The summed E-state index contributed by atoms with van der Waals surface area (Å²) in [6, 6.07) is 2.95. The number of carboxylic acids is 1. The Morgan fingerprint density at radius 1 is 1.32 bits per heavy atom. The van der Waals surface area contributed by atoms with E-state index in [1.165, 1.54) is 33.1 Å². The molecule has 0 bridgehead atoms. The van der Waals surface area contributed by atoms with Gasteiger partial charge in [-0.2, -0.15) is 0 Å². The molecule has 0 fully saturated rings. The third kappa shape index (κ3) is 4.09. The normalized spacial score (nSPS) is 14.5. The second kappa shape index (κ2) is 6.95. The van der Waals surface area contributed by atoms with Crippen molar-refractivity contribution in [2.45, 2.75) is 44.5 Å². The van der Waals surface area contributed by atoms with Gasteiger partial charge in [0.1, 0.15) is 23.7 Å². The van der Waals surface area contributed by atoms with Gasteiger partial charge in [-0.25, -0.2) is 0 Å². The number of aliphatic hydroxyl groups is 3. The van der Waals surface area contributed by atoms with Crippen LogP contribution in [-0.4, -0.2) is 50.3 Å². The lowest BCUT2D eigenvalue weighted by Crippen LogP contribution is -2.40. The first-order chi connectivity index (χ1) is 10.1. The highest BCUT2D eigenvalue weighted by atomic mass is 16.5. The van der Waals surface area contributed by atoms with E-state index in [0.29, 0.717) is 5.56 Å². The van der Waals surface area contributed by atoms with Gasteiger partial charge in [0.15, 0.2) is 0 Å². The largest absolute Gasteiger partial charge is 0.507 e. The van der Waals surface area contributed by atoms with Crippen LogP contribution in [0.1, 0.15) is 37.5 Å². The first kappa shape index (κ1) is 18.2. The van der Waals surface area contributed by atoms with E-state index in [-0.39, 0.29) is 29.9 Å². The molecule has 0 heterocycles. The molecule has 0 aliphatic rings. The molecule has 7 heteroatoms. The SMILES string of the molecule is COc1ccc(CCC(=O)O)c(O)c1C(O)C(O)C(C)(C)O. The highest BCUT2D eigenvalue weighted by molar-refractivity contribution is 5.67. The van der Waals surface area contributed by atoms with Crippen molar-refractivity contribution in [3.63, 3.8) is 0 Å². The van der Waals surface area contributed by atoms with Crippen molar-refractivity contribution in [3.05, 3.63) is 23.3 Å². The van der Waals surface area contributed by atoms with Crippen molar-refractivity contribution in [3.8, 4) is 11.5 Å². The molecule has 1 rings (SSSR count). The highest BCUT2D eigenvalue weighted by Crippen LogP contribution is 2.39. The van der Waals surface area contributed by atoms with Gasteiger partial charge in [0.2, 0.25) is 0 Å². The molecule has 5 N–H and O–H groups in total. The van der Waals surface area contributed by atoms with E-state index < -0.39 is 23.8 Å². The van der Waals surface area contributed by atoms with Crippen molar-refractivity contribution in [2.75, 3.05) is 7.11 Å². The molecule has 0 amide bonds. The van der Waals surface area contributed by atoms with Gasteiger partial charge >= 0.3 is 5.97 Å². The number of rotatable bonds is 7. The first-order valence-electron chi connectivity index (χ1n) is 6.78. The molecule has 0 saturated carbocycles. The van der Waals surface area contributed by atoms with Crippen LogP contribution in [0, 0.1) is 0 Å². The standard InChI is InChI=1S/C15H22O7/c1-15(2,21)14(20)13(19)11-9(22-3)6-4-8(12(11)18)5-7-10(16)17/h4,6,13-14,18-21H,5,7H2,1-3H3,(H,16,17). The Bertz CT molecular complexity index is 533. The fraction of sp³-hybridized carbons (Fsp3) is 0.533. The number of aliphatic hydroxyl groups excluding tert-OH is 2. The third-order valence-electron chi connectivity index (χ3n) is 3.41. The van der Waals surface area contributed by atoms with E-state index in [1.54, 1.807) is 0 Å². The predicted molar refractivity (Wildman–Crippen MR) is 77.9 cm³/mol. The number of aliphatic carboxylic acids is 1. The molecule has 1 aromatic rings. The lowest BCUT2D eigenvalue weighted by molar-refractivity contribution is -0.136. The Hall–Kier alpha value is -1.83. The second-order valence-electron chi connectivity index (χ2n) is 5.63. The van der Waals surface area contributed by atoms with E-state index in [2.05, 4.69) is 0 Å². The third-order valence-corrected chi connectivity index (χ3v) is 3.41. The fourth-order valence-electron chi connectivity index (χ4n) is 2.09.